The summed E-state index contributed by atoms with van der Waals surface area (Å²) in [5.41, 5.74) is 0.356. The van der Waals surface area contributed by atoms with Crippen molar-refractivity contribution in [3.05, 3.63) is 28.0 Å². The first-order chi connectivity index (χ1) is 8.00. The van der Waals surface area contributed by atoms with E-state index in [2.05, 4.69) is 20.9 Å². The van der Waals surface area contributed by atoms with Crippen LogP contribution in [0.5, 0.6) is 0 Å². The lowest BCUT2D eigenvalue weighted by atomic mass is 9.72. The number of rotatable bonds is 1. The second kappa shape index (κ2) is 4.22. The van der Waals surface area contributed by atoms with Crippen LogP contribution in [0, 0.1) is 5.41 Å². The third-order valence-corrected chi connectivity index (χ3v) is 3.94. The fourth-order valence-corrected chi connectivity index (χ4v) is 2.65. The van der Waals surface area contributed by atoms with Gasteiger partial charge in [-0.15, -0.1) is 0 Å². The van der Waals surface area contributed by atoms with Crippen LogP contribution in [0.4, 0.5) is 0 Å². The van der Waals surface area contributed by atoms with Crippen molar-refractivity contribution >= 4 is 27.7 Å². The number of ketones is 1. The van der Waals surface area contributed by atoms with Crippen molar-refractivity contribution in [1.29, 1.82) is 0 Å². The van der Waals surface area contributed by atoms with Crippen LogP contribution in [-0.2, 0) is 16.0 Å². The minimum Gasteiger partial charge on any atom is -0.468 e. The molecule has 0 N–H and O–H groups in total. The molecule has 1 aromatic heterocycles. The van der Waals surface area contributed by atoms with Gasteiger partial charge in [-0.25, -0.2) is 0 Å². The number of Topliss-reactive ketones (excluding diaryl/α,β-unsaturated/α-hetero) is 1. The Labute approximate surface area is 108 Å². The molecular formula is C12H12BrNO3. The topological polar surface area (TPSA) is 56.3 Å². The number of halogens is 1. The molecule has 90 valence electrons. The SMILES string of the molecule is COC(=O)[C@@]1(C)CCc2c(Br)cncc2C1=O. The molecule has 0 bridgehead atoms. The number of hydrogen-bond acceptors (Lipinski definition) is 4. The van der Waals surface area contributed by atoms with E-state index in [9.17, 15) is 9.59 Å². The lowest BCUT2D eigenvalue weighted by Crippen LogP contribution is -2.41. The highest BCUT2D eigenvalue weighted by atomic mass is 79.9. The average molecular weight is 298 g/mol. The van der Waals surface area contributed by atoms with Crippen LogP contribution in [0.1, 0.15) is 29.3 Å². The normalized spacial score (nSPS) is 23.1. The second-order valence-corrected chi connectivity index (χ2v) is 5.15. The maximum Gasteiger partial charge on any atom is 0.319 e. The zero-order valence-corrected chi connectivity index (χ0v) is 11.2. The Hall–Kier alpha value is -1.23. The highest BCUT2D eigenvalue weighted by molar-refractivity contribution is 9.10. The summed E-state index contributed by atoms with van der Waals surface area (Å²) in [5, 5.41) is 0. The van der Waals surface area contributed by atoms with Crippen LogP contribution in [0.3, 0.4) is 0 Å². The van der Waals surface area contributed by atoms with Crippen molar-refractivity contribution in [3.63, 3.8) is 0 Å². The van der Waals surface area contributed by atoms with E-state index < -0.39 is 11.4 Å². The van der Waals surface area contributed by atoms with Crippen LogP contribution < -0.4 is 0 Å². The molecule has 17 heavy (non-hydrogen) atoms. The molecule has 0 radical (unpaired) electrons. The maximum absolute atomic E-state index is 12.3. The van der Waals surface area contributed by atoms with Gasteiger partial charge in [0, 0.05) is 22.4 Å². The molecule has 0 spiro atoms. The Morgan fingerprint density at radius 3 is 2.88 bits per heavy atom. The van der Waals surface area contributed by atoms with E-state index in [-0.39, 0.29) is 5.78 Å². The number of ether oxygens (including phenoxy) is 1. The standard InChI is InChI=1S/C12H12BrNO3/c1-12(11(16)17-2)4-3-7-8(10(12)15)5-14-6-9(7)13/h5-6H,3-4H2,1-2H3/t12-/m0/s1. The number of fused-ring (bicyclic) bond motifs is 1. The average Bonchev–Trinajstić information content (AvgIpc) is 2.33. The van der Waals surface area contributed by atoms with Crippen molar-refractivity contribution in [2.45, 2.75) is 19.8 Å². The summed E-state index contributed by atoms with van der Waals surface area (Å²) in [6, 6.07) is 0. The van der Waals surface area contributed by atoms with Crippen LogP contribution in [0.25, 0.3) is 0 Å². The molecule has 1 aliphatic carbocycles. The van der Waals surface area contributed by atoms with Gasteiger partial charge in [0.2, 0.25) is 0 Å². The third-order valence-electron chi connectivity index (χ3n) is 3.26. The van der Waals surface area contributed by atoms with Gasteiger partial charge in [-0.2, -0.15) is 0 Å². The Balaban J connectivity index is 2.50. The zero-order valence-electron chi connectivity index (χ0n) is 9.62. The zero-order chi connectivity index (χ0) is 12.6. The van der Waals surface area contributed by atoms with E-state index in [0.717, 1.165) is 10.0 Å². The van der Waals surface area contributed by atoms with Crippen LogP contribution in [-0.4, -0.2) is 23.8 Å². The molecule has 0 saturated heterocycles. The first kappa shape index (κ1) is 12.2. The van der Waals surface area contributed by atoms with Gasteiger partial charge in [-0.1, -0.05) is 0 Å². The number of methoxy groups -OCH3 is 1. The maximum atomic E-state index is 12.3. The molecule has 1 heterocycles. The van der Waals surface area contributed by atoms with Crippen LogP contribution in [0.2, 0.25) is 0 Å². The lowest BCUT2D eigenvalue weighted by molar-refractivity contribution is -0.149. The van der Waals surface area contributed by atoms with Gasteiger partial charge in [0.15, 0.2) is 5.78 Å². The first-order valence-electron chi connectivity index (χ1n) is 5.26. The molecule has 0 aliphatic heterocycles. The Morgan fingerprint density at radius 1 is 1.53 bits per heavy atom. The van der Waals surface area contributed by atoms with E-state index in [4.69, 9.17) is 4.74 Å². The summed E-state index contributed by atoms with van der Waals surface area (Å²) in [6.45, 7) is 1.63. The highest BCUT2D eigenvalue weighted by Gasteiger charge is 2.46. The van der Waals surface area contributed by atoms with E-state index >= 15 is 0 Å². The number of esters is 1. The Morgan fingerprint density at radius 2 is 2.24 bits per heavy atom. The van der Waals surface area contributed by atoms with E-state index in [1.165, 1.54) is 13.3 Å². The van der Waals surface area contributed by atoms with Gasteiger partial charge in [0.1, 0.15) is 5.41 Å². The molecule has 0 amide bonds. The van der Waals surface area contributed by atoms with Crippen LogP contribution >= 0.6 is 15.9 Å². The molecule has 0 aromatic carbocycles. The predicted molar refractivity (Wildman–Crippen MR) is 64.7 cm³/mol. The third kappa shape index (κ3) is 1.78. The molecule has 1 aromatic rings. The van der Waals surface area contributed by atoms with E-state index in [1.807, 2.05) is 0 Å². The molecule has 5 heteroatoms. The van der Waals surface area contributed by atoms with Gasteiger partial charge < -0.3 is 4.74 Å². The minimum absolute atomic E-state index is 0.209. The van der Waals surface area contributed by atoms with Crippen molar-refractivity contribution in [2.24, 2.45) is 5.41 Å². The number of nitrogens with zero attached hydrogens (tertiary/aromatic N) is 1. The fourth-order valence-electron chi connectivity index (χ4n) is 2.12. The monoisotopic (exact) mass is 297 g/mol. The fraction of sp³-hybridized carbons (Fsp3) is 0.417. The number of hydrogen-bond donors (Lipinski definition) is 0. The Bertz CT molecular complexity index is 501. The van der Waals surface area contributed by atoms with Crippen molar-refractivity contribution in [2.75, 3.05) is 7.11 Å². The highest BCUT2D eigenvalue weighted by Crippen LogP contribution is 2.38. The smallest absolute Gasteiger partial charge is 0.319 e. The summed E-state index contributed by atoms with van der Waals surface area (Å²) < 4.78 is 5.53. The van der Waals surface area contributed by atoms with Gasteiger partial charge in [0.05, 0.1) is 7.11 Å². The van der Waals surface area contributed by atoms with Gasteiger partial charge in [0.25, 0.3) is 0 Å². The lowest BCUT2D eigenvalue weighted by Gasteiger charge is -2.30. The quantitative estimate of drug-likeness (QED) is 0.589. The molecule has 4 nitrogen and oxygen atoms in total. The second-order valence-electron chi connectivity index (χ2n) is 4.30. The van der Waals surface area contributed by atoms with E-state index in [1.54, 1.807) is 13.1 Å². The molecule has 2 rings (SSSR count). The largest absolute Gasteiger partial charge is 0.468 e. The summed E-state index contributed by atoms with van der Waals surface area (Å²) in [6.07, 6.45) is 4.31. The minimum atomic E-state index is -1.08. The van der Waals surface area contributed by atoms with Crippen molar-refractivity contribution in [3.8, 4) is 0 Å². The summed E-state index contributed by atoms with van der Waals surface area (Å²) in [7, 11) is 1.30. The molecule has 1 aliphatic rings. The van der Waals surface area contributed by atoms with Gasteiger partial charge in [-0.3, -0.25) is 14.6 Å². The molecular weight excluding hydrogens is 286 g/mol. The molecule has 0 unspecified atom stereocenters. The molecule has 1 atom stereocenters. The predicted octanol–water partition coefficient (Wildman–Crippen LogP) is 2.15. The number of carbonyl (C=O) groups is 2. The van der Waals surface area contributed by atoms with Crippen molar-refractivity contribution < 1.29 is 14.3 Å². The molecule has 0 saturated carbocycles. The number of pyridine rings is 1. The summed E-state index contributed by atoms with van der Waals surface area (Å²) >= 11 is 3.37. The molecule has 0 fully saturated rings. The van der Waals surface area contributed by atoms with Gasteiger partial charge in [-0.05, 0) is 41.3 Å². The summed E-state index contributed by atoms with van der Waals surface area (Å²) in [4.78, 5) is 28.0. The first-order valence-corrected chi connectivity index (χ1v) is 6.05. The van der Waals surface area contributed by atoms with E-state index in [0.29, 0.717) is 18.4 Å². The number of aromatic nitrogens is 1. The van der Waals surface area contributed by atoms with Crippen molar-refractivity contribution in [1.82, 2.24) is 4.98 Å². The van der Waals surface area contributed by atoms with Crippen LogP contribution in [0.15, 0.2) is 16.9 Å². The number of carbonyl (C=O) groups excluding carboxylic acids is 2. The Kier molecular flexibility index (Phi) is 3.03. The summed E-state index contributed by atoms with van der Waals surface area (Å²) in [5.74, 6) is -0.687. The van der Waals surface area contributed by atoms with Gasteiger partial charge >= 0.3 is 5.97 Å².